The van der Waals surface area contributed by atoms with Crippen LogP contribution in [0.3, 0.4) is 0 Å². The minimum absolute atomic E-state index is 0.128. The number of methoxy groups -OCH3 is 1. The van der Waals surface area contributed by atoms with Gasteiger partial charge in [-0.1, -0.05) is 39.7 Å². The molecule has 23 heavy (non-hydrogen) atoms. The van der Waals surface area contributed by atoms with Crippen LogP contribution in [0.5, 0.6) is 11.5 Å². The zero-order valence-corrected chi connectivity index (χ0v) is 15.4. The van der Waals surface area contributed by atoms with Crippen molar-refractivity contribution in [3.63, 3.8) is 0 Å². The second-order valence-electron chi connectivity index (χ2n) is 7.00. The smallest absolute Gasteiger partial charge is 0.162 e. The van der Waals surface area contributed by atoms with Gasteiger partial charge >= 0.3 is 0 Å². The van der Waals surface area contributed by atoms with E-state index < -0.39 is 0 Å². The predicted octanol–water partition coefficient (Wildman–Crippen LogP) is 3.75. The highest BCUT2D eigenvalue weighted by Crippen LogP contribution is 2.60. The predicted molar refractivity (Wildman–Crippen MR) is 95.3 cm³/mol. The van der Waals surface area contributed by atoms with Crippen LogP contribution in [0.25, 0.3) is 0 Å². The first-order chi connectivity index (χ1) is 11.0. The van der Waals surface area contributed by atoms with Gasteiger partial charge in [0, 0.05) is 27.4 Å². The summed E-state index contributed by atoms with van der Waals surface area (Å²) in [7, 11) is 3.84. The Balaban J connectivity index is 2.04. The lowest BCUT2D eigenvalue weighted by atomic mass is 9.53. The van der Waals surface area contributed by atoms with Crippen LogP contribution in [0, 0.1) is 5.92 Å². The van der Waals surface area contributed by atoms with Crippen LogP contribution in [-0.2, 0) is 11.8 Å². The highest BCUT2D eigenvalue weighted by molar-refractivity contribution is 9.11. The number of benzene rings is 1. The van der Waals surface area contributed by atoms with Gasteiger partial charge in [-0.2, -0.15) is 0 Å². The Kier molecular flexibility index (Phi) is 3.40. The maximum atomic E-state index is 10.9. The molecule has 0 saturated carbocycles. The summed E-state index contributed by atoms with van der Waals surface area (Å²) in [6.07, 6.45) is 6.37. The second kappa shape index (κ2) is 5.12. The first kappa shape index (κ1) is 15.3. The Bertz CT molecular complexity index is 739. The van der Waals surface area contributed by atoms with Gasteiger partial charge in [-0.25, -0.2) is 0 Å². The van der Waals surface area contributed by atoms with Crippen molar-refractivity contribution in [2.45, 2.75) is 31.2 Å². The molecular formula is C19H22BrNO2. The Labute approximate surface area is 145 Å². The summed E-state index contributed by atoms with van der Waals surface area (Å²) in [5.41, 5.74) is 3.56. The second-order valence-corrected chi connectivity index (χ2v) is 7.92. The van der Waals surface area contributed by atoms with E-state index in [4.69, 9.17) is 4.74 Å². The van der Waals surface area contributed by atoms with E-state index in [0.717, 1.165) is 24.9 Å². The van der Waals surface area contributed by atoms with Crippen LogP contribution in [0.2, 0.25) is 0 Å². The van der Waals surface area contributed by atoms with Gasteiger partial charge in [0.2, 0.25) is 0 Å². The summed E-state index contributed by atoms with van der Waals surface area (Å²) in [5, 5.41) is 10.9. The topological polar surface area (TPSA) is 32.7 Å². The molecule has 1 N–H and O–H groups in total. The molecule has 1 aliphatic heterocycles. The average molecular weight is 376 g/mol. The van der Waals surface area contributed by atoms with Gasteiger partial charge in [-0.05, 0) is 45.0 Å². The van der Waals surface area contributed by atoms with Gasteiger partial charge in [0.15, 0.2) is 11.5 Å². The molecule has 1 fully saturated rings. The van der Waals surface area contributed by atoms with E-state index in [1.165, 1.54) is 15.6 Å². The van der Waals surface area contributed by atoms with Crippen molar-refractivity contribution in [1.82, 2.24) is 4.90 Å². The molecule has 3 atom stereocenters. The summed E-state index contributed by atoms with van der Waals surface area (Å²) < 4.78 is 6.65. The summed E-state index contributed by atoms with van der Waals surface area (Å²) >= 11 is 3.82. The normalized spacial score (nSPS) is 32.5. The highest BCUT2D eigenvalue weighted by atomic mass is 79.9. The van der Waals surface area contributed by atoms with Gasteiger partial charge < -0.3 is 14.7 Å². The third-order valence-corrected chi connectivity index (χ3v) is 6.91. The van der Waals surface area contributed by atoms with Gasteiger partial charge in [0.1, 0.15) is 0 Å². The number of aromatic hydroxyl groups is 1. The van der Waals surface area contributed by atoms with Crippen LogP contribution in [0.1, 0.15) is 24.5 Å². The molecule has 1 aromatic carbocycles. The molecule has 1 saturated heterocycles. The number of hydrogen-bond acceptors (Lipinski definition) is 3. The number of allylic oxidation sites excluding steroid dienone is 3. The Morgan fingerprint density at radius 2 is 2.13 bits per heavy atom. The number of phenolic OH excluding ortho intramolecular Hbond substituents is 1. The van der Waals surface area contributed by atoms with E-state index in [-0.39, 0.29) is 5.41 Å². The SMILES string of the molecule is COc1ccc2c(c1O)C13CCN(C)C(C2)C1C(Br)=CC=C3C. The molecule has 2 bridgehead atoms. The average Bonchev–Trinajstić information content (AvgIpc) is 2.54. The molecule has 122 valence electrons. The van der Waals surface area contributed by atoms with Gasteiger partial charge in [-0.3, -0.25) is 0 Å². The van der Waals surface area contributed by atoms with Crippen molar-refractivity contribution in [2.24, 2.45) is 5.92 Å². The van der Waals surface area contributed by atoms with Gasteiger partial charge in [-0.15, -0.1) is 0 Å². The Morgan fingerprint density at radius 3 is 2.87 bits per heavy atom. The Morgan fingerprint density at radius 1 is 1.35 bits per heavy atom. The molecule has 3 unspecified atom stereocenters. The van der Waals surface area contributed by atoms with E-state index >= 15 is 0 Å². The fourth-order valence-corrected chi connectivity index (χ4v) is 5.83. The number of fused-ring (bicyclic) bond motifs is 1. The van der Waals surface area contributed by atoms with Crippen LogP contribution in [-0.4, -0.2) is 36.8 Å². The highest BCUT2D eigenvalue weighted by Gasteiger charge is 2.56. The number of likely N-dealkylation sites (tertiary alicyclic amines) is 1. The lowest BCUT2D eigenvalue weighted by molar-refractivity contribution is 0.0705. The van der Waals surface area contributed by atoms with Crippen LogP contribution < -0.4 is 4.74 Å². The van der Waals surface area contributed by atoms with Crippen molar-refractivity contribution < 1.29 is 9.84 Å². The van der Waals surface area contributed by atoms with E-state index in [1.807, 2.05) is 6.07 Å². The summed E-state index contributed by atoms with van der Waals surface area (Å²) in [6, 6.07) is 4.49. The van der Waals surface area contributed by atoms with Crippen molar-refractivity contribution >= 4 is 15.9 Å². The number of hydrogen-bond donors (Lipinski definition) is 1. The molecule has 0 aromatic heterocycles. The number of piperidine rings is 1. The largest absolute Gasteiger partial charge is 0.504 e. The molecule has 3 nitrogen and oxygen atoms in total. The maximum absolute atomic E-state index is 10.9. The molecule has 2 aliphatic carbocycles. The molecule has 1 heterocycles. The summed E-state index contributed by atoms with van der Waals surface area (Å²) in [6.45, 7) is 3.25. The van der Waals surface area contributed by atoms with Crippen LogP contribution >= 0.6 is 15.9 Å². The Hall–Kier alpha value is -1.26. The van der Waals surface area contributed by atoms with Crippen molar-refractivity contribution in [3.8, 4) is 11.5 Å². The summed E-state index contributed by atoms with van der Waals surface area (Å²) in [4.78, 5) is 2.47. The number of ether oxygens (including phenoxy) is 1. The van der Waals surface area contributed by atoms with Gasteiger partial charge in [0.05, 0.1) is 7.11 Å². The fourth-order valence-electron chi connectivity index (χ4n) is 5.00. The lowest BCUT2D eigenvalue weighted by Crippen LogP contribution is -2.60. The third-order valence-electron chi connectivity index (χ3n) is 6.16. The van der Waals surface area contributed by atoms with E-state index in [1.54, 1.807) is 7.11 Å². The minimum Gasteiger partial charge on any atom is -0.504 e. The van der Waals surface area contributed by atoms with E-state index in [0.29, 0.717) is 23.5 Å². The zero-order chi connectivity index (χ0) is 16.4. The third kappa shape index (κ3) is 1.85. The standard InChI is InChI=1S/C19H22BrNO2/c1-11-4-6-13(20)17-14-10-12-5-7-15(23-3)18(22)16(12)19(11,17)8-9-21(14)2/h4-7,14,17,22H,8-10H2,1-3H3. The van der Waals surface area contributed by atoms with Gasteiger partial charge in [0.25, 0.3) is 0 Å². The number of nitrogens with zero attached hydrogens (tertiary/aromatic N) is 1. The number of rotatable bonds is 1. The minimum atomic E-state index is -0.128. The van der Waals surface area contributed by atoms with Crippen molar-refractivity contribution in [2.75, 3.05) is 20.7 Å². The molecular weight excluding hydrogens is 354 g/mol. The first-order valence-electron chi connectivity index (χ1n) is 8.14. The molecule has 4 rings (SSSR count). The quantitative estimate of drug-likeness (QED) is 0.810. The first-order valence-corrected chi connectivity index (χ1v) is 8.94. The molecule has 0 spiro atoms. The maximum Gasteiger partial charge on any atom is 0.162 e. The number of halogens is 1. The van der Waals surface area contributed by atoms with E-state index in [2.05, 4.69) is 53.0 Å². The molecule has 4 heteroatoms. The zero-order valence-electron chi connectivity index (χ0n) is 13.8. The van der Waals surface area contributed by atoms with Crippen molar-refractivity contribution in [1.29, 1.82) is 0 Å². The monoisotopic (exact) mass is 375 g/mol. The number of phenols is 1. The van der Waals surface area contributed by atoms with Crippen molar-refractivity contribution in [3.05, 3.63) is 45.5 Å². The van der Waals surface area contributed by atoms with Crippen LogP contribution in [0.15, 0.2) is 34.3 Å². The molecule has 0 amide bonds. The van der Waals surface area contributed by atoms with Crippen LogP contribution in [0.4, 0.5) is 0 Å². The lowest BCUT2D eigenvalue weighted by Gasteiger charge is -2.58. The molecule has 3 aliphatic rings. The molecule has 0 radical (unpaired) electrons. The fraction of sp³-hybridized carbons (Fsp3) is 0.474. The molecule has 1 aromatic rings. The van der Waals surface area contributed by atoms with E-state index in [9.17, 15) is 5.11 Å². The number of likely N-dealkylation sites (N-methyl/N-ethyl adjacent to an activating group) is 1. The summed E-state index contributed by atoms with van der Waals surface area (Å²) in [5.74, 6) is 1.26.